The second-order valence-corrected chi connectivity index (χ2v) is 5.12. The maximum atomic E-state index is 12.2. The Labute approximate surface area is 111 Å². The maximum absolute atomic E-state index is 12.2. The number of nitrogens with zero attached hydrogens (tertiary/aromatic N) is 1. The van der Waals surface area contributed by atoms with E-state index in [1.165, 1.54) is 12.8 Å². The summed E-state index contributed by atoms with van der Waals surface area (Å²) in [6.45, 7) is 7.05. The third kappa shape index (κ3) is 5.36. The zero-order chi connectivity index (χ0) is 13.4. The molecule has 0 aromatic heterocycles. The maximum Gasteiger partial charge on any atom is 0.236 e. The highest BCUT2D eigenvalue weighted by molar-refractivity contribution is 5.78. The van der Waals surface area contributed by atoms with Crippen LogP contribution in [0.3, 0.4) is 0 Å². The van der Waals surface area contributed by atoms with Crippen molar-refractivity contribution in [3.63, 3.8) is 0 Å². The van der Waals surface area contributed by atoms with Crippen LogP contribution >= 0.6 is 0 Å². The van der Waals surface area contributed by atoms with E-state index < -0.39 is 0 Å². The molecule has 1 saturated carbocycles. The molecule has 1 N–H and O–H groups in total. The molecule has 0 spiro atoms. The van der Waals surface area contributed by atoms with Gasteiger partial charge in [0.15, 0.2) is 0 Å². The quantitative estimate of drug-likeness (QED) is 0.646. The number of methoxy groups -OCH3 is 1. The summed E-state index contributed by atoms with van der Waals surface area (Å²) >= 11 is 0. The van der Waals surface area contributed by atoms with Gasteiger partial charge in [-0.1, -0.05) is 13.8 Å². The van der Waals surface area contributed by atoms with Gasteiger partial charge in [0.05, 0.1) is 13.2 Å². The van der Waals surface area contributed by atoms with E-state index in [1.54, 1.807) is 7.11 Å². The highest BCUT2D eigenvalue weighted by atomic mass is 16.5. The van der Waals surface area contributed by atoms with Crippen LogP contribution in [0.5, 0.6) is 0 Å². The normalized spacial score (nSPS) is 15.1. The van der Waals surface area contributed by atoms with Gasteiger partial charge in [-0.05, 0) is 38.1 Å². The van der Waals surface area contributed by atoms with Gasteiger partial charge in [-0.15, -0.1) is 0 Å². The van der Waals surface area contributed by atoms with Crippen molar-refractivity contribution in [2.75, 3.05) is 33.4 Å². The number of rotatable bonds is 10. The van der Waals surface area contributed by atoms with E-state index in [1.807, 2.05) is 4.90 Å². The first kappa shape index (κ1) is 15.4. The Morgan fingerprint density at radius 1 is 1.39 bits per heavy atom. The van der Waals surface area contributed by atoms with Crippen molar-refractivity contribution in [2.45, 2.75) is 45.6 Å². The molecule has 0 aromatic carbocycles. The van der Waals surface area contributed by atoms with Crippen LogP contribution in [-0.2, 0) is 9.53 Å². The smallest absolute Gasteiger partial charge is 0.236 e. The number of ether oxygens (including phenoxy) is 1. The summed E-state index contributed by atoms with van der Waals surface area (Å²) in [5.41, 5.74) is 0. The van der Waals surface area contributed by atoms with Crippen LogP contribution in [0.1, 0.15) is 39.5 Å². The number of hydrogen-bond donors (Lipinski definition) is 1. The zero-order valence-corrected chi connectivity index (χ0v) is 12.1. The van der Waals surface area contributed by atoms with Gasteiger partial charge in [0.2, 0.25) is 5.91 Å². The van der Waals surface area contributed by atoms with Crippen LogP contribution in [0.25, 0.3) is 0 Å². The molecule has 0 atom stereocenters. The molecular weight excluding hydrogens is 228 g/mol. The van der Waals surface area contributed by atoms with Gasteiger partial charge in [0.1, 0.15) is 0 Å². The second-order valence-electron chi connectivity index (χ2n) is 5.12. The monoisotopic (exact) mass is 256 g/mol. The minimum absolute atomic E-state index is 0.210. The summed E-state index contributed by atoms with van der Waals surface area (Å²) in [6.07, 6.45) is 4.66. The van der Waals surface area contributed by atoms with Crippen molar-refractivity contribution < 1.29 is 9.53 Å². The Balaban J connectivity index is 2.36. The number of carbonyl (C=O) groups is 1. The van der Waals surface area contributed by atoms with Crippen molar-refractivity contribution in [3.8, 4) is 0 Å². The Kier molecular flexibility index (Phi) is 7.28. The molecule has 106 valence electrons. The van der Waals surface area contributed by atoms with Crippen molar-refractivity contribution in [2.24, 2.45) is 5.92 Å². The third-order valence-electron chi connectivity index (χ3n) is 3.65. The molecule has 1 aliphatic carbocycles. The molecular formula is C14H28N2O2. The van der Waals surface area contributed by atoms with Gasteiger partial charge in [-0.25, -0.2) is 0 Å². The molecule has 4 heteroatoms. The number of hydrogen-bond acceptors (Lipinski definition) is 3. The van der Waals surface area contributed by atoms with Crippen LogP contribution in [0.2, 0.25) is 0 Å². The first-order valence-electron chi connectivity index (χ1n) is 7.22. The second kappa shape index (κ2) is 8.48. The molecule has 4 nitrogen and oxygen atoms in total. The van der Waals surface area contributed by atoms with E-state index >= 15 is 0 Å². The SMILES string of the molecule is CCC(CC)N(CCOC)C(=O)CNCC1CC1. The standard InChI is InChI=1S/C14H28N2O2/c1-4-13(5-2)16(8-9-18-3)14(17)11-15-10-12-6-7-12/h12-13,15H,4-11H2,1-3H3. The number of amides is 1. The Morgan fingerprint density at radius 3 is 2.56 bits per heavy atom. The fourth-order valence-corrected chi connectivity index (χ4v) is 2.24. The van der Waals surface area contributed by atoms with E-state index in [4.69, 9.17) is 4.74 Å². The first-order chi connectivity index (χ1) is 8.72. The van der Waals surface area contributed by atoms with Gasteiger partial charge in [0.25, 0.3) is 0 Å². The highest BCUT2D eigenvalue weighted by Crippen LogP contribution is 2.27. The molecule has 18 heavy (non-hydrogen) atoms. The highest BCUT2D eigenvalue weighted by Gasteiger charge is 2.23. The minimum Gasteiger partial charge on any atom is -0.383 e. The van der Waals surface area contributed by atoms with Gasteiger partial charge in [0, 0.05) is 19.7 Å². The Hall–Kier alpha value is -0.610. The van der Waals surface area contributed by atoms with E-state index in [0.29, 0.717) is 25.7 Å². The van der Waals surface area contributed by atoms with Crippen LogP contribution in [-0.4, -0.2) is 50.2 Å². The zero-order valence-electron chi connectivity index (χ0n) is 12.1. The Morgan fingerprint density at radius 2 is 2.06 bits per heavy atom. The first-order valence-corrected chi connectivity index (χ1v) is 7.22. The van der Waals surface area contributed by atoms with E-state index in [2.05, 4.69) is 19.2 Å². The average molecular weight is 256 g/mol. The molecule has 0 bridgehead atoms. The van der Waals surface area contributed by atoms with Crippen LogP contribution in [0, 0.1) is 5.92 Å². The molecule has 0 heterocycles. The summed E-state index contributed by atoms with van der Waals surface area (Å²) in [5.74, 6) is 1.03. The van der Waals surface area contributed by atoms with Gasteiger partial charge >= 0.3 is 0 Å². The average Bonchev–Trinajstić information content (AvgIpc) is 3.18. The predicted molar refractivity (Wildman–Crippen MR) is 73.6 cm³/mol. The lowest BCUT2D eigenvalue weighted by atomic mass is 10.1. The third-order valence-corrected chi connectivity index (χ3v) is 3.65. The topological polar surface area (TPSA) is 41.6 Å². The minimum atomic E-state index is 0.210. The van der Waals surface area contributed by atoms with E-state index in [0.717, 1.165) is 25.3 Å². The predicted octanol–water partition coefficient (Wildman–Crippen LogP) is 1.65. The van der Waals surface area contributed by atoms with Crippen LogP contribution < -0.4 is 5.32 Å². The summed E-state index contributed by atoms with van der Waals surface area (Å²) < 4.78 is 5.10. The fraction of sp³-hybridized carbons (Fsp3) is 0.929. The van der Waals surface area contributed by atoms with Crippen molar-refractivity contribution >= 4 is 5.91 Å². The molecule has 1 aliphatic rings. The summed E-state index contributed by atoms with van der Waals surface area (Å²) in [7, 11) is 1.68. The lowest BCUT2D eigenvalue weighted by Crippen LogP contribution is -2.46. The molecule has 0 saturated heterocycles. The van der Waals surface area contributed by atoms with E-state index in [9.17, 15) is 4.79 Å². The lowest BCUT2D eigenvalue weighted by molar-refractivity contribution is -0.133. The molecule has 0 radical (unpaired) electrons. The van der Waals surface area contributed by atoms with Crippen molar-refractivity contribution in [1.82, 2.24) is 10.2 Å². The molecule has 0 aromatic rings. The van der Waals surface area contributed by atoms with Gasteiger partial charge in [-0.3, -0.25) is 4.79 Å². The fourth-order valence-electron chi connectivity index (χ4n) is 2.24. The van der Waals surface area contributed by atoms with E-state index in [-0.39, 0.29) is 5.91 Å². The molecule has 1 amide bonds. The summed E-state index contributed by atoms with van der Waals surface area (Å²) in [6, 6.07) is 0.343. The van der Waals surface area contributed by atoms with Gasteiger partial charge in [-0.2, -0.15) is 0 Å². The number of carbonyl (C=O) groups excluding carboxylic acids is 1. The van der Waals surface area contributed by atoms with Gasteiger partial charge < -0.3 is 15.0 Å². The number of nitrogens with one attached hydrogen (secondary N) is 1. The summed E-state index contributed by atoms with van der Waals surface area (Å²) in [5, 5.41) is 3.28. The molecule has 0 aliphatic heterocycles. The summed E-state index contributed by atoms with van der Waals surface area (Å²) in [4.78, 5) is 14.2. The van der Waals surface area contributed by atoms with Crippen LogP contribution in [0.15, 0.2) is 0 Å². The van der Waals surface area contributed by atoms with Crippen molar-refractivity contribution in [3.05, 3.63) is 0 Å². The molecule has 0 unspecified atom stereocenters. The van der Waals surface area contributed by atoms with Crippen LogP contribution in [0.4, 0.5) is 0 Å². The largest absolute Gasteiger partial charge is 0.383 e. The van der Waals surface area contributed by atoms with Crippen molar-refractivity contribution in [1.29, 1.82) is 0 Å². The molecule has 1 rings (SSSR count). The Bertz CT molecular complexity index is 238. The lowest BCUT2D eigenvalue weighted by Gasteiger charge is -2.30. The molecule has 1 fully saturated rings.